The van der Waals surface area contributed by atoms with Crippen LogP contribution in [0.3, 0.4) is 0 Å². The summed E-state index contributed by atoms with van der Waals surface area (Å²) in [6, 6.07) is 0. The Hall–Kier alpha value is 0.590. The molecule has 1 nitrogen and oxygen atoms in total. The zero-order valence-electron chi connectivity index (χ0n) is 6.24. The van der Waals surface area contributed by atoms with Crippen LogP contribution in [0.15, 0.2) is 0 Å². The van der Waals surface area contributed by atoms with Crippen LogP contribution in [0.2, 0.25) is 0 Å². The normalized spacial score (nSPS) is 16.6. The van der Waals surface area contributed by atoms with Crippen molar-refractivity contribution in [2.75, 3.05) is 0 Å². The number of hydrogen-bond acceptors (Lipinski definition) is 1. The maximum atomic E-state index is 12.1. The molecule has 0 aromatic carbocycles. The first-order valence-corrected chi connectivity index (χ1v) is 4.35. The summed E-state index contributed by atoms with van der Waals surface area (Å²) in [6.45, 7) is 2.88. The van der Waals surface area contributed by atoms with Gasteiger partial charge in [0.2, 0.25) is 0 Å². The standard InChI is InChI=1S/C6H10BrClF2O/c1-5(2,11)4(7)3-6(8,9)10/h4,11H,3H2,1-2H3. The third-order valence-electron chi connectivity index (χ3n) is 1.18. The molecule has 0 amide bonds. The molecule has 5 heteroatoms. The van der Waals surface area contributed by atoms with E-state index in [1.807, 2.05) is 0 Å². The Morgan fingerprint density at radius 2 is 1.91 bits per heavy atom. The zero-order chi connectivity index (χ0) is 9.28. The summed E-state index contributed by atoms with van der Waals surface area (Å²) in [6.07, 6.45) is -0.585. The van der Waals surface area contributed by atoms with Crippen LogP contribution in [0.5, 0.6) is 0 Å². The molecule has 1 unspecified atom stereocenters. The average Bonchev–Trinajstić information content (AvgIpc) is 1.56. The fraction of sp³-hybridized carbons (Fsp3) is 1.00. The topological polar surface area (TPSA) is 20.2 Å². The number of rotatable bonds is 3. The predicted molar refractivity (Wildman–Crippen MR) is 44.4 cm³/mol. The molecule has 0 heterocycles. The van der Waals surface area contributed by atoms with E-state index in [4.69, 9.17) is 0 Å². The van der Waals surface area contributed by atoms with Crippen molar-refractivity contribution < 1.29 is 13.9 Å². The number of hydrogen-bond donors (Lipinski definition) is 1. The van der Waals surface area contributed by atoms with Crippen molar-refractivity contribution in [1.82, 2.24) is 0 Å². The first-order chi connectivity index (χ1) is 4.63. The van der Waals surface area contributed by atoms with Gasteiger partial charge in [-0.2, -0.15) is 8.78 Å². The van der Waals surface area contributed by atoms with Crippen LogP contribution in [0.25, 0.3) is 0 Å². The minimum atomic E-state index is -3.26. The van der Waals surface area contributed by atoms with E-state index >= 15 is 0 Å². The lowest BCUT2D eigenvalue weighted by Gasteiger charge is -2.25. The molecule has 0 fully saturated rings. The zero-order valence-corrected chi connectivity index (χ0v) is 8.59. The molecule has 0 bridgehead atoms. The molecular weight excluding hydrogens is 241 g/mol. The van der Waals surface area contributed by atoms with Gasteiger partial charge in [-0.1, -0.05) is 15.9 Å². The van der Waals surface area contributed by atoms with Gasteiger partial charge in [0.25, 0.3) is 0 Å². The minimum Gasteiger partial charge on any atom is -0.389 e. The minimum absolute atomic E-state index is 0.585. The lowest BCUT2D eigenvalue weighted by Crippen LogP contribution is -2.34. The molecule has 0 aliphatic heterocycles. The van der Waals surface area contributed by atoms with Crippen LogP contribution in [0.1, 0.15) is 20.3 Å². The smallest absolute Gasteiger partial charge is 0.322 e. The van der Waals surface area contributed by atoms with Gasteiger partial charge in [-0.05, 0) is 25.4 Å². The molecular formula is C6H10BrClF2O. The first kappa shape index (κ1) is 11.6. The molecule has 11 heavy (non-hydrogen) atoms. The molecule has 0 saturated heterocycles. The summed E-state index contributed by atoms with van der Waals surface area (Å²) in [5.41, 5.74) is -1.18. The van der Waals surface area contributed by atoms with Gasteiger partial charge in [0.05, 0.1) is 5.60 Å². The van der Waals surface area contributed by atoms with Crippen LogP contribution >= 0.6 is 27.5 Å². The van der Waals surface area contributed by atoms with Gasteiger partial charge in [0.15, 0.2) is 0 Å². The largest absolute Gasteiger partial charge is 0.389 e. The van der Waals surface area contributed by atoms with Gasteiger partial charge in [-0.25, -0.2) is 0 Å². The maximum Gasteiger partial charge on any atom is 0.322 e. The van der Waals surface area contributed by atoms with Crippen LogP contribution in [-0.2, 0) is 0 Å². The third-order valence-corrected chi connectivity index (χ3v) is 2.78. The van der Waals surface area contributed by atoms with Gasteiger partial charge in [0, 0.05) is 11.2 Å². The van der Waals surface area contributed by atoms with Gasteiger partial charge >= 0.3 is 5.38 Å². The van der Waals surface area contributed by atoms with E-state index in [1.165, 1.54) is 13.8 Å². The van der Waals surface area contributed by atoms with E-state index in [9.17, 15) is 13.9 Å². The molecule has 1 atom stereocenters. The Kier molecular flexibility index (Phi) is 3.73. The molecule has 0 aromatic heterocycles. The van der Waals surface area contributed by atoms with Crippen molar-refractivity contribution in [1.29, 1.82) is 0 Å². The van der Waals surface area contributed by atoms with E-state index in [0.717, 1.165) is 0 Å². The summed E-state index contributed by atoms with van der Waals surface area (Å²) in [5.74, 6) is 0. The Bertz CT molecular complexity index is 130. The van der Waals surface area contributed by atoms with Gasteiger partial charge < -0.3 is 5.11 Å². The van der Waals surface area contributed by atoms with Crippen molar-refractivity contribution in [3.05, 3.63) is 0 Å². The average molecular weight is 251 g/mol. The summed E-state index contributed by atoms with van der Waals surface area (Å²) in [5, 5.41) is 5.95. The van der Waals surface area contributed by atoms with Gasteiger partial charge in [-0.15, -0.1) is 0 Å². The molecule has 0 radical (unpaired) electrons. The highest BCUT2D eigenvalue weighted by atomic mass is 79.9. The summed E-state index contributed by atoms with van der Waals surface area (Å²) >= 11 is 7.58. The Balaban J connectivity index is 3.99. The van der Waals surface area contributed by atoms with Crippen molar-refractivity contribution >= 4 is 27.5 Å². The summed E-state index contributed by atoms with van der Waals surface area (Å²) in [4.78, 5) is -0.706. The fourth-order valence-electron chi connectivity index (χ4n) is 0.453. The fourth-order valence-corrected chi connectivity index (χ4v) is 1.20. The molecule has 0 aliphatic rings. The van der Waals surface area contributed by atoms with E-state index in [2.05, 4.69) is 27.5 Å². The van der Waals surface area contributed by atoms with E-state index < -0.39 is 22.2 Å². The monoisotopic (exact) mass is 250 g/mol. The molecule has 0 rings (SSSR count). The summed E-state index contributed by atoms with van der Waals surface area (Å²) in [7, 11) is 0. The second-order valence-corrected chi connectivity index (χ2v) is 4.60. The molecule has 0 aromatic rings. The molecule has 0 saturated carbocycles. The van der Waals surface area contributed by atoms with Gasteiger partial charge in [0.1, 0.15) is 0 Å². The molecule has 68 valence electrons. The van der Waals surface area contributed by atoms with E-state index in [1.54, 1.807) is 0 Å². The Morgan fingerprint density at radius 3 is 2.00 bits per heavy atom. The van der Waals surface area contributed by atoms with Crippen LogP contribution < -0.4 is 0 Å². The SMILES string of the molecule is CC(C)(O)C(Br)CC(F)(F)Cl. The van der Waals surface area contributed by atoms with E-state index in [0.29, 0.717) is 0 Å². The van der Waals surface area contributed by atoms with Crippen molar-refractivity contribution in [2.24, 2.45) is 0 Å². The van der Waals surface area contributed by atoms with Crippen molar-refractivity contribution in [3.8, 4) is 0 Å². The highest BCUT2D eigenvalue weighted by Crippen LogP contribution is 2.32. The lowest BCUT2D eigenvalue weighted by atomic mass is 10.0. The predicted octanol–water partition coefficient (Wildman–Crippen LogP) is 2.74. The van der Waals surface area contributed by atoms with Crippen molar-refractivity contribution in [2.45, 2.75) is 36.1 Å². The Labute approximate surface area is 77.9 Å². The number of aliphatic hydroxyl groups is 1. The number of halogens is 4. The molecule has 0 aliphatic carbocycles. The second kappa shape index (κ2) is 3.54. The first-order valence-electron chi connectivity index (χ1n) is 3.06. The lowest BCUT2D eigenvalue weighted by molar-refractivity contribution is 0.0306. The second-order valence-electron chi connectivity index (χ2n) is 2.94. The van der Waals surface area contributed by atoms with E-state index in [-0.39, 0.29) is 0 Å². The third kappa shape index (κ3) is 5.82. The molecule has 0 spiro atoms. The van der Waals surface area contributed by atoms with Gasteiger partial charge in [-0.3, -0.25) is 0 Å². The van der Waals surface area contributed by atoms with Crippen LogP contribution in [0, 0.1) is 0 Å². The van der Waals surface area contributed by atoms with Crippen LogP contribution in [0.4, 0.5) is 8.78 Å². The summed E-state index contributed by atoms with van der Waals surface area (Å²) < 4.78 is 24.3. The Morgan fingerprint density at radius 1 is 1.55 bits per heavy atom. The quantitative estimate of drug-likeness (QED) is 0.765. The number of alkyl halides is 4. The highest BCUT2D eigenvalue weighted by molar-refractivity contribution is 9.09. The highest BCUT2D eigenvalue weighted by Gasteiger charge is 2.35. The van der Waals surface area contributed by atoms with Crippen molar-refractivity contribution in [3.63, 3.8) is 0 Å². The molecule has 1 N–H and O–H groups in total. The maximum absolute atomic E-state index is 12.1. The van der Waals surface area contributed by atoms with Crippen LogP contribution in [-0.4, -0.2) is 20.9 Å².